The topological polar surface area (TPSA) is 12.0 Å². The molecule has 3 rings (SSSR count). The fourth-order valence-corrected chi connectivity index (χ4v) is 3.27. The van der Waals surface area contributed by atoms with Gasteiger partial charge in [-0.05, 0) is 70.7 Å². The zero-order valence-electron chi connectivity index (χ0n) is 10.5. The minimum absolute atomic E-state index is 0.783. The van der Waals surface area contributed by atoms with Crippen LogP contribution in [0, 0.1) is 3.57 Å². The molecule has 0 aliphatic heterocycles. The summed E-state index contributed by atoms with van der Waals surface area (Å²) in [4.78, 5) is 0. The molecule has 1 N–H and O–H groups in total. The van der Waals surface area contributed by atoms with Crippen LogP contribution in [0.1, 0.15) is 29.9 Å². The fourth-order valence-electron chi connectivity index (χ4n) is 2.20. The van der Waals surface area contributed by atoms with E-state index in [0.29, 0.717) is 0 Å². The normalized spacial score (nSPS) is 14.4. The summed E-state index contributed by atoms with van der Waals surface area (Å²) in [5.74, 6) is 0.815. The van der Waals surface area contributed by atoms with Gasteiger partial charge >= 0.3 is 0 Å². The maximum Gasteiger partial charge on any atom is 0.0479 e. The SMILES string of the molecule is Clc1ccc(NCc2cccc(C3CC3)c2)c(I)c1. The van der Waals surface area contributed by atoms with Gasteiger partial charge in [-0.25, -0.2) is 0 Å². The lowest BCUT2D eigenvalue weighted by molar-refractivity contribution is 1.08. The van der Waals surface area contributed by atoms with Gasteiger partial charge in [-0.2, -0.15) is 0 Å². The first-order chi connectivity index (χ1) is 9.22. The van der Waals surface area contributed by atoms with Crippen molar-refractivity contribution in [2.75, 3.05) is 5.32 Å². The van der Waals surface area contributed by atoms with Gasteiger partial charge < -0.3 is 5.32 Å². The Hall–Kier alpha value is -0.740. The van der Waals surface area contributed by atoms with Crippen LogP contribution in [0.4, 0.5) is 5.69 Å². The minimum Gasteiger partial charge on any atom is -0.380 e. The highest BCUT2D eigenvalue weighted by molar-refractivity contribution is 14.1. The van der Waals surface area contributed by atoms with E-state index >= 15 is 0 Å². The third-order valence-corrected chi connectivity index (χ3v) is 4.54. The van der Waals surface area contributed by atoms with Crippen molar-refractivity contribution in [3.05, 3.63) is 62.2 Å². The van der Waals surface area contributed by atoms with E-state index in [-0.39, 0.29) is 0 Å². The van der Waals surface area contributed by atoms with Gasteiger partial charge in [0.1, 0.15) is 0 Å². The standard InChI is InChI=1S/C16H15ClIN/c17-14-6-7-16(15(18)9-14)19-10-11-2-1-3-13(8-11)12-4-5-12/h1-3,6-9,12,19H,4-5,10H2. The van der Waals surface area contributed by atoms with Crippen LogP contribution in [0.25, 0.3) is 0 Å². The van der Waals surface area contributed by atoms with E-state index in [0.717, 1.165) is 26.7 Å². The maximum atomic E-state index is 5.96. The Morgan fingerprint density at radius 3 is 2.74 bits per heavy atom. The predicted octanol–water partition coefficient (Wildman–Crippen LogP) is 5.43. The molecule has 0 radical (unpaired) electrons. The van der Waals surface area contributed by atoms with Gasteiger partial charge in [0.25, 0.3) is 0 Å². The van der Waals surface area contributed by atoms with E-state index in [4.69, 9.17) is 11.6 Å². The predicted molar refractivity (Wildman–Crippen MR) is 89.9 cm³/mol. The Bertz CT molecular complexity index is 593. The number of rotatable bonds is 4. The molecular weight excluding hydrogens is 369 g/mol. The second-order valence-corrected chi connectivity index (χ2v) is 6.60. The first kappa shape index (κ1) is 13.3. The molecule has 3 heteroatoms. The monoisotopic (exact) mass is 383 g/mol. The number of hydrogen-bond acceptors (Lipinski definition) is 1. The Morgan fingerprint density at radius 1 is 1.16 bits per heavy atom. The zero-order chi connectivity index (χ0) is 13.2. The summed E-state index contributed by atoms with van der Waals surface area (Å²) in [6.45, 7) is 0.859. The highest BCUT2D eigenvalue weighted by Gasteiger charge is 2.23. The minimum atomic E-state index is 0.783. The van der Waals surface area contributed by atoms with Crippen LogP contribution >= 0.6 is 34.2 Å². The van der Waals surface area contributed by atoms with Crippen molar-refractivity contribution in [3.8, 4) is 0 Å². The summed E-state index contributed by atoms with van der Waals surface area (Å²) in [5, 5.41) is 4.26. The third kappa shape index (κ3) is 3.42. The number of halogens is 2. The summed E-state index contributed by atoms with van der Waals surface area (Å²) in [7, 11) is 0. The molecule has 2 aromatic carbocycles. The summed E-state index contributed by atoms with van der Waals surface area (Å²) in [6.07, 6.45) is 2.71. The molecule has 1 saturated carbocycles. The van der Waals surface area contributed by atoms with Gasteiger partial charge in [0.05, 0.1) is 0 Å². The van der Waals surface area contributed by atoms with Gasteiger partial charge in [0.15, 0.2) is 0 Å². The number of anilines is 1. The van der Waals surface area contributed by atoms with Crippen LogP contribution < -0.4 is 5.32 Å². The van der Waals surface area contributed by atoms with Crippen molar-refractivity contribution in [1.82, 2.24) is 0 Å². The van der Waals surface area contributed by atoms with Crippen LogP contribution in [0.15, 0.2) is 42.5 Å². The number of nitrogens with one attached hydrogen (secondary N) is 1. The lowest BCUT2D eigenvalue weighted by atomic mass is 10.1. The van der Waals surface area contributed by atoms with Crippen molar-refractivity contribution >= 4 is 39.9 Å². The fraction of sp³-hybridized carbons (Fsp3) is 0.250. The third-order valence-electron chi connectivity index (χ3n) is 3.41. The van der Waals surface area contributed by atoms with Crippen molar-refractivity contribution in [2.24, 2.45) is 0 Å². The molecule has 0 bridgehead atoms. The second kappa shape index (κ2) is 5.71. The molecule has 2 aromatic rings. The summed E-state index contributed by atoms with van der Waals surface area (Å²) < 4.78 is 1.16. The smallest absolute Gasteiger partial charge is 0.0479 e. The lowest BCUT2D eigenvalue weighted by Gasteiger charge is -2.10. The van der Waals surface area contributed by atoms with E-state index in [1.807, 2.05) is 18.2 Å². The van der Waals surface area contributed by atoms with Crippen molar-refractivity contribution < 1.29 is 0 Å². The van der Waals surface area contributed by atoms with E-state index in [2.05, 4.69) is 52.2 Å². The van der Waals surface area contributed by atoms with Crippen molar-refractivity contribution in [3.63, 3.8) is 0 Å². The van der Waals surface area contributed by atoms with Gasteiger partial charge in [-0.1, -0.05) is 35.9 Å². The van der Waals surface area contributed by atoms with E-state index < -0.39 is 0 Å². The molecule has 1 aliphatic carbocycles. The highest BCUT2D eigenvalue weighted by Crippen LogP contribution is 2.40. The molecule has 0 amide bonds. The Morgan fingerprint density at radius 2 is 2.00 bits per heavy atom. The molecule has 0 aromatic heterocycles. The first-order valence-electron chi connectivity index (χ1n) is 6.50. The van der Waals surface area contributed by atoms with Gasteiger partial charge in [-0.15, -0.1) is 0 Å². The summed E-state index contributed by atoms with van der Waals surface area (Å²) in [5.41, 5.74) is 3.97. The van der Waals surface area contributed by atoms with Gasteiger partial charge in [-0.3, -0.25) is 0 Å². The Balaban J connectivity index is 1.69. The molecule has 0 heterocycles. The van der Waals surface area contributed by atoms with Crippen molar-refractivity contribution in [1.29, 1.82) is 0 Å². The van der Waals surface area contributed by atoms with Gasteiger partial charge in [0.2, 0.25) is 0 Å². The van der Waals surface area contributed by atoms with Crippen LogP contribution in [-0.2, 0) is 6.54 Å². The zero-order valence-corrected chi connectivity index (χ0v) is 13.4. The van der Waals surface area contributed by atoms with Gasteiger partial charge in [0, 0.05) is 20.8 Å². The summed E-state index contributed by atoms with van der Waals surface area (Å²) in [6, 6.07) is 14.9. The molecule has 1 fully saturated rings. The average molecular weight is 384 g/mol. The molecule has 98 valence electrons. The molecule has 0 unspecified atom stereocenters. The van der Waals surface area contributed by atoms with E-state index in [9.17, 15) is 0 Å². The quantitative estimate of drug-likeness (QED) is 0.694. The molecule has 19 heavy (non-hydrogen) atoms. The Labute approximate surface area is 132 Å². The molecular formula is C16H15ClIN. The van der Waals surface area contributed by atoms with Crippen molar-refractivity contribution in [2.45, 2.75) is 25.3 Å². The highest BCUT2D eigenvalue weighted by atomic mass is 127. The van der Waals surface area contributed by atoms with Crippen LogP contribution in [0.2, 0.25) is 5.02 Å². The molecule has 0 atom stereocenters. The molecule has 1 nitrogen and oxygen atoms in total. The van der Waals surface area contributed by atoms with E-state index in [1.54, 1.807) is 0 Å². The molecule has 1 aliphatic rings. The van der Waals surface area contributed by atoms with Crippen LogP contribution in [0.5, 0.6) is 0 Å². The van der Waals surface area contributed by atoms with Crippen LogP contribution in [0.3, 0.4) is 0 Å². The summed E-state index contributed by atoms with van der Waals surface area (Å²) >= 11 is 8.27. The van der Waals surface area contributed by atoms with Crippen LogP contribution in [-0.4, -0.2) is 0 Å². The second-order valence-electron chi connectivity index (χ2n) is 5.00. The maximum absolute atomic E-state index is 5.96. The molecule has 0 saturated heterocycles. The first-order valence-corrected chi connectivity index (χ1v) is 7.96. The average Bonchev–Trinajstić information content (AvgIpc) is 3.22. The van der Waals surface area contributed by atoms with E-state index in [1.165, 1.54) is 24.0 Å². The number of benzene rings is 2. The lowest BCUT2D eigenvalue weighted by Crippen LogP contribution is -2.01. The largest absolute Gasteiger partial charge is 0.380 e. The number of hydrogen-bond donors (Lipinski definition) is 1. The Kier molecular flexibility index (Phi) is 3.99. The molecule has 0 spiro atoms.